The van der Waals surface area contributed by atoms with E-state index in [0.717, 1.165) is 13.1 Å². The molecule has 2 amide bonds. The first kappa shape index (κ1) is 11.8. The molecule has 5 nitrogen and oxygen atoms in total. The van der Waals surface area contributed by atoms with Crippen molar-refractivity contribution in [2.45, 2.75) is 25.3 Å². The van der Waals surface area contributed by atoms with E-state index >= 15 is 0 Å². The van der Waals surface area contributed by atoms with E-state index in [-0.39, 0.29) is 6.03 Å². The Morgan fingerprint density at radius 1 is 1.53 bits per heavy atom. The van der Waals surface area contributed by atoms with Gasteiger partial charge in [0.1, 0.15) is 5.54 Å². The molecule has 0 aromatic rings. The van der Waals surface area contributed by atoms with E-state index in [1.54, 1.807) is 0 Å². The first-order chi connectivity index (χ1) is 7.12. The predicted molar refractivity (Wildman–Crippen MR) is 57.3 cm³/mol. The van der Waals surface area contributed by atoms with Crippen molar-refractivity contribution in [2.24, 2.45) is 0 Å². The predicted octanol–water partition coefficient (Wildman–Crippen LogP) is 0.293. The van der Waals surface area contributed by atoms with Crippen LogP contribution in [0.1, 0.15) is 19.8 Å². The topological polar surface area (TPSA) is 68.2 Å². The molecule has 1 aliphatic rings. The summed E-state index contributed by atoms with van der Waals surface area (Å²) >= 11 is 0. The van der Waals surface area contributed by atoms with Crippen molar-refractivity contribution in [2.75, 3.05) is 26.7 Å². The number of nitrogens with zero attached hydrogens (tertiary/aromatic N) is 2. The van der Waals surface area contributed by atoms with Gasteiger partial charge in [0.25, 0.3) is 0 Å². The van der Waals surface area contributed by atoms with Crippen molar-refractivity contribution in [3.05, 3.63) is 0 Å². The van der Waals surface area contributed by atoms with Gasteiger partial charge >= 0.3 is 6.03 Å². The number of nitriles is 1. The summed E-state index contributed by atoms with van der Waals surface area (Å²) in [5, 5.41) is 14.5. The Kier molecular flexibility index (Phi) is 3.92. The highest BCUT2D eigenvalue weighted by molar-refractivity contribution is 5.75. The molecular formula is C10H18N4O. The van der Waals surface area contributed by atoms with E-state index in [4.69, 9.17) is 5.26 Å². The number of carbonyl (C=O) groups is 1. The number of hydrogen-bond acceptors (Lipinski definition) is 3. The second-order valence-electron chi connectivity index (χ2n) is 3.98. The molecule has 84 valence electrons. The van der Waals surface area contributed by atoms with Gasteiger partial charge in [-0.05, 0) is 26.8 Å². The van der Waals surface area contributed by atoms with Gasteiger partial charge in [-0.2, -0.15) is 5.26 Å². The van der Waals surface area contributed by atoms with E-state index in [2.05, 4.69) is 21.6 Å². The number of nitrogens with one attached hydrogen (secondary N) is 2. The van der Waals surface area contributed by atoms with Crippen molar-refractivity contribution in [1.82, 2.24) is 15.5 Å². The number of likely N-dealkylation sites (tertiary alicyclic amines) is 1. The van der Waals surface area contributed by atoms with Crippen molar-refractivity contribution in [1.29, 1.82) is 5.26 Å². The molecule has 1 rings (SSSR count). The van der Waals surface area contributed by atoms with Crippen LogP contribution in [-0.4, -0.2) is 43.2 Å². The molecule has 5 heteroatoms. The van der Waals surface area contributed by atoms with Gasteiger partial charge < -0.3 is 15.5 Å². The van der Waals surface area contributed by atoms with E-state index < -0.39 is 5.54 Å². The maximum absolute atomic E-state index is 11.4. The zero-order valence-electron chi connectivity index (χ0n) is 9.34. The average Bonchev–Trinajstić information content (AvgIpc) is 2.22. The smallest absolute Gasteiger partial charge is 0.316 e. The second-order valence-corrected chi connectivity index (χ2v) is 3.98. The molecule has 1 saturated heterocycles. The van der Waals surface area contributed by atoms with Gasteiger partial charge in [0, 0.05) is 19.6 Å². The van der Waals surface area contributed by atoms with Gasteiger partial charge in [-0.3, -0.25) is 0 Å². The summed E-state index contributed by atoms with van der Waals surface area (Å²) in [6.07, 6.45) is 1.38. The second kappa shape index (κ2) is 4.99. The monoisotopic (exact) mass is 210 g/mol. The summed E-state index contributed by atoms with van der Waals surface area (Å²) < 4.78 is 0. The van der Waals surface area contributed by atoms with Gasteiger partial charge in [0.15, 0.2) is 0 Å². The molecular weight excluding hydrogens is 192 g/mol. The average molecular weight is 210 g/mol. The van der Waals surface area contributed by atoms with E-state index in [1.165, 1.54) is 0 Å². The molecule has 0 atom stereocenters. The molecule has 0 aromatic carbocycles. The molecule has 1 fully saturated rings. The third-order valence-corrected chi connectivity index (χ3v) is 2.74. The number of hydrogen-bond donors (Lipinski definition) is 2. The summed E-state index contributed by atoms with van der Waals surface area (Å²) in [6, 6.07) is 1.98. The van der Waals surface area contributed by atoms with E-state index in [1.807, 2.05) is 14.0 Å². The Bertz CT molecular complexity index is 263. The van der Waals surface area contributed by atoms with Crippen LogP contribution in [0.2, 0.25) is 0 Å². The maximum atomic E-state index is 11.4. The number of piperidine rings is 1. The molecule has 15 heavy (non-hydrogen) atoms. The fourth-order valence-corrected chi connectivity index (χ4v) is 1.69. The fraction of sp³-hybridized carbons (Fsp3) is 0.800. The van der Waals surface area contributed by atoms with Gasteiger partial charge in [-0.1, -0.05) is 0 Å². The fourth-order valence-electron chi connectivity index (χ4n) is 1.69. The van der Waals surface area contributed by atoms with Crippen LogP contribution < -0.4 is 10.6 Å². The Labute approximate surface area is 90.4 Å². The van der Waals surface area contributed by atoms with Crippen molar-refractivity contribution in [3.63, 3.8) is 0 Å². The number of urea groups is 1. The standard InChI is InChI=1S/C10H18N4O/c1-3-12-9(15)13-10(8-11)4-6-14(2)7-5-10/h3-7H2,1-2H3,(H2,12,13,15). The highest BCUT2D eigenvalue weighted by atomic mass is 16.2. The first-order valence-corrected chi connectivity index (χ1v) is 5.28. The lowest BCUT2D eigenvalue weighted by atomic mass is 9.89. The van der Waals surface area contributed by atoms with Crippen molar-refractivity contribution >= 4 is 6.03 Å². The van der Waals surface area contributed by atoms with Crippen LogP contribution in [0.25, 0.3) is 0 Å². The highest BCUT2D eigenvalue weighted by Crippen LogP contribution is 2.20. The number of amides is 2. The van der Waals surface area contributed by atoms with E-state index in [9.17, 15) is 4.79 Å². The molecule has 0 saturated carbocycles. The van der Waals surface area contributed by atoms with Crippen LogP contribution in [-0.2, 0) is 0 Å². The maximum Gasteiger partial charge on any atom is 0.316 e. The first-order valence-electron chi connectivity index (χ1n) is 5.28. The molecule has 0 aromatic heterocycles. The minimum absolute atomic E-state index is 0.247. The molecule has 1 heterocycles. The normalized spacial score (nSPS) is 20.3. The van der Waals surface area contributed by atoms with Crippen LogP contribution >= 0.6 is 0 Å². The van der Waals surface area contributed by atoms with Gasteiger partial charge in [-0.25, -0.2) is 4.79 Å². The number of rotatable bonds is 2. The zero-order valence-corrected chi connectivity index (χ0v) is 9.34. The van der Waals surface area contributed by atoms with Crippen molar-refractivity contribution in [3.8, 4) is 6.07 Å². The third kappa shape index (κ3) is 3.10. The SMILES string of the molecule is CCNC(=O)NC1(C#N)CCN(C)CC1. The lowest BCUT2D eigenvalue weighted by Crippen LogP contribution is -2.56. The summed E-state index contributed by atoms with van der Waals surface area (Å²) in [4.78, 5) is 13.5. The Balaban J connectivity index is 2.55. The molecule has 0 unspecified atom stereocenters. The highest BCUT2D eigenvalue weighted by Gasteiger charge is 2.35. The molecule has 0 radical (unpaired) electrons. The van der Waals surface area contributed by atoms with Crippen LogP contribution in [0, 0.1) is 11.3 Å². The van der Waals surface area contributed by atoms with Crippen molar-refractivity contribution < 1.29 is 4.79 Å². The van der Waals surface area contributed by atoms with Crippen LogP contribution in [0.15, 0.2) is 0 Å². The van der Waals surface area contributed by atoms with Gasteiger partial charge in [0.2, 0.25) is 0 Å². The molecule has 0 aliphatic carbocycles. The Morgan fingerprint density at radius 2 is 2.13 bits per heavy atom. The summed E-state index contributed by atoms with van der Waals surface area (Å²) in [7, 11) is 2.02. The minimum Gasteiger partial charge on any atom is -0.338 e. The van der Waals surface area contributed by atoms with Gasteiger partial charge in [0.05, 0.1) is 6.07 Å². The summed E-state index contributed by atoms with van der Waals surface area (Å²) in [5.74, 6) is 0. The van der Waals surface area contributed by atoms with Crippen LogP contribution in [0.5, 0.6) is 0 Å². The van der Waals surface area contributed by atoms with E-state index in [0.29, 0.717) is 19.4 Å². The largest absolute Gasteiger partial charge is 0.338 e. The minimum atomic E-state index is -0.675. The van der Waals surface area contributed by atoms with Crippen LogP contribution in [0.4, 0.5) is 4.79 Å². The molecule has 0 bridgehead atoms. The Morgan fingerprint density at radius 3 is 2.60 bits per heavy atom. The van der Waals surface area contributed by atoms with Crippen LogP contribution in [0.3, 0.4) is 0 Å². The lowest BCUT2D eigenvalue weighted by Gasteiger charge is -2.35. The summed E-state index contributed by atoms with van der Waals surface area (Å²) in [6.45, 7) is 4.13. The Hall–Kier alpha value is -1.28. The lowest BCUT2D eigenvalue weighted by molar-refractivity contribution is 0.188. The summed E-state index contributed by atoms with van der Waals surface area (Å²) in [5.41, 5.74) is -0.675. The third-order valence-electron chi connectivity index (χ3n) is 2.74. The molecule has 2 N–H and O–H groups in total. The number of carbonyl (C=O) groups excluding carboxylic acids is 1. The van der Waals surface area contributed by atoms with Gasteiger partial charge in [-0.15, -0.1) is 0 Å². The molecule has 0 spiro atoms. The zero-order chi connectivity index (χ0) is 11.3. The molecule has 1 aliphatic heterocycles. The quantitative estimate of drug-likeness (QED) is 0.688.